The molecule has 1 aromatic rings. The van der Waals surface area contributed by atoms with Gasteiger partial charge in [-0.2, -0.15) is 0 Å². The van der Waals surface area contributed by atoms with Crippen LogP contribution in [-0.2, 0) is 17.6 Å². The van der Waals surface area contributed by atoms with E-state index in [-0.39, 0.29) is 17.9 Å². The second-order valence-electron chi connectivity index (χ2n) is 5.43. The number of amides is 1. The SMILES string of the molecule is O=C(N[C@@H]1CC[C@H](C(=O)O)C1)c1cc2c(s1)CCC2. The molecule has 0 aromatic carbocycles. The number of aliphatic carboxylic acids is 1. The zero-order valence-electron chi connectivity index (χ0n) is 10.6. The Balaban J connectivity index is 1.61. The number of carbonyl (C=O) groups is 2. The van der Waals surface area contributed by atoms with Crippen molar-refractivity contribution in [3.8, 4) is 0 Å². The third-order valence-corrected chi connectivity index (χ3v) is 5.32. The van der Waals surface area contributed by atoms with Crippen LogP contribution in [0.1, 0.15) is 45.8 Å². The van der Waals surface area contributed by atoms with Crippen LogP contribution in [0.3, 0.4) is 0 Å². The van der Waals surface area contributed by atoms with Gasteiger partial charge in [0.05, 0.1) is 10.8 Å². The van der Waals surface area contributed by atoms with Crippen LogP contribution in [0.15, 0.2) is 6.07 Å². The molecule has 1 saturated carbocycles. The third-order valence-electron chi connectivity index (χ3n) is 4.09. The molecule has 0 saturated heterocycles. The predicted molar refractivity (Wildman–Crippen MR) is 72.6 cm³/mol. The van der Waals surface area contributed by atoms with Gasteiger partial charge in [-0.3, -0.25) is 9.59 Å². The van der Waals surface area contributed by atoms with Gasteiger partial charge in [0, 0.05) is 10.9 Å². The van der Waals surface area contributed by atoms with E-state index in [0.717, 1.165) is 24.1 Å². The Morgan fingerprint density at radius 1 is 1.32 bits per heavy atom. The van der Waals surface area contributed by atoms with E-state index < -0.39 is 5.97 Å². The molecule has 1 aromatic heterocycles. The van der Waals surface area contributed by atoms with Gasteiger partial charge < -0.3 is 10.4 Å². The van der Waals surface area contributed by atoms with Crippen LogP contribution in [0.4, 0.5) is 0 Å². The highest BCUT2D eigenvalue weighted by Gasteiger charge is 2.31. The van der Waals surface area contributed by atoms with E-state index in [4.69, 9.17) is 5.11 Å². The van der Waals surface area contributed by atoms with E-state index in [1.54, 1.807) is 11.3 Å². The zero-order chi connectivity index (χ0) is 13.4. The number of carboxylic acid groups (broad SMARTS) is 1. The average molecular weight is 279 g/mol. The van der Waals surface area contributed by atoms with E-state index in [1.807, 2.05) is 6.07 Å². The first-order valence-corrected chi connectivity index (χ1v) is 7.60. The Morgan fingerprint density at radius 2 is 2.16 bits per heavy atom. The Morgan fingerprint density at radius 3 is 2.84 bits per heavy atom. The number of aryl methyl sites for hydroxylation is 2. The van der Waals surface area contributed by atoms with Gasteiger partial charge in [-0.1, -0.05) is 0 Å². The number of fused-ring (bicyclic) bond motifs is 1. The smallest absolute Gasteiger partial charge is 0.306 e. The fourth-order valence-corrected chi connectivity index (χ4v) is 4.19. The molecule has 4 nitrogen and oxygen atoms in total. The fraction of sp³-hybridized carbons (Fsp3) is 0.571. The van der Waals surface area contributed by atoms with Crippen LogP contribution >= 0.6 is 11.3 Å². The van der Waals surface area contributed by atoms with Crippen molar-refractivity contribution in [2.45, 2.75) is 44.6 Å². The number of nitrogens with one attached hydrogen (secondary N) is 1. The number of rotatable bonds is 3. The summed E-state index contributed by atoms with van der Waals surface area (Å²) >= 11 is 1.59. The van der Waals surface area contributed by atoms with Crippen molar-refractivity contribution in [2.75, 3.05) is 0 Å². The lowest BCUT2D eigenvalue weighted by Crippen LogP contribution is -2.32. The molecule has 0 bridgehead atoms. The van der Waals surface area contributed by atoms with Crippen molar-refractivity contribution in [3.63, 3.8) is 0 Å². The molecule has 2 N–H and O–H groups in total. The van der Waals surface area contributed by atoms with Crippen molar-refractivity contribution in [3.05, 3.63) is 21.4 Å². The Bertz CT molecular complexity index is 501. The van der Waals surface area contributed by atoms with Crippen molar-refractivity contribution in [2.24, 2.45) is 5.92 Å². The van der Waals surface area contributed by atoms with Crippen molar-refractivity contribution in [1.29, 1.82) is 0 Å². The number of carboxylic acids is 1. The highest BCUT2D eigenvalue weighted by atomic mass is 32.1. The second-order valence-corrected chi connectivity index (χ2v) is 6.57. The Labute approximate surface area is 115 Å². The van der Waals surface area contributed by atoms with Gasteiger partial charge in [0.15, 0.2) is 0 Å². The zero-order valence-corrected chi connectivity index (χ0v) is 11.5. The number of carbonyl (C=O) groups excluding carboxylic acids is 1. The summed E-state index contributed by atoms with van der Waals surface area (Å²) in [6.45, 7) is 0. The summed E-state index contributed by atoms with van der Waals surface area (Å²) in [7, 11) is 0. The predicted octanol–water partition coefficient (Wildman–Crippen LogP) is 2.22. The average Bonchev–Trinajstić information content (AvgIpc) is 3.02. The third kappa shape index (κ3) is 2.52. The Hall–Kier alpha value is -1.36. The summed E-state index contributed by atoms with van der Waals surface area (Å²) < 4.78 is 0. The van der Waals surface area contributed by atoms with E-state index in [9.17, 15) is 9.59 Å². The van der Waals surface area contributed by atoms with E-state index in [1.165, 1.54) is 16.9 Å². The standard InChI is InChI=1S/C14H17NO3S/c16-13(12-7-8-2-1-3-11(8)19-12)15-10-5-4-9(6-10)14(17)18/h7,9-10H,1-6H2,(H,15,16)(H,17,18)/t9-,10+/m0/s1. The molecule has 2 atom stereocenters. The largest absolute Gasteiger partial charge is 0.481 e. The minimum atomic E-state index is -0.744. The summed E-state index contributed by atoms with van der Waals surface area (Å²) in [6.07, 6.45) is 5.38. The summed E-state index contributed by atoms with van der Waals surface area (Å²) in [5.74, 6) is -1.07. The minimum absolute atomic E-state index is 0.0190. The summed E-state index contributed by atoms with van der Waals surface area (Å²) in [4.78, 5) is 25.1. The number of hydrogen-bond acceptors (Lipinski definition) is 3. The Kier molecular flexibility index (Phi) is 3.31. The maximum atomic E-state index is 12.1. The molecule has 1 heterocycles. The first-order chi connectivity index (χ1) is 9.13. The monoisotopic (exact) mass is 279 g/mol. The van der Waals surface area contributed by atoms with Gasteiger partial charge in [0.2, 0.25) is 0 Å². The number of thiophene rings is 1. The maximum Gasteiger partial charge on any atom is 0.306 e. The molecule has 1 fully saturated rings. The highest BCUT2D eigenvalue weighted by molar-refractivity contribution is 7.14. The molecule has 102 valence electrons. The molecule has 3 rings (SSSR count). The van der Waals surface area contributed by atoms with Gasteiger partial charge >= 0.3 is 5.97 Å². The number of hydrogen-bond donors (Lipinski definition) is 2. The quantitative estimate of drug-likeness (QED) is 0.891. The molecule has 1 amide bonds. The lowest BCUT2D eigenvalue weighted by molar-refractivity contribution is -0.141. The summed E-state index contributed by atoms with van der Waals surface area (Å²) in [5.41, 5.74) is 1.32. The normalized spacial score (nSPS) is 25.3. The maximum absolute atomic E-state index is 12.1. The van der Waals surface area contributed by atoms with E-state index in [2.05, 4.69) is 5.32 Å². The van der Waals surface area contributed by atoms with Gasteiger partial charge in [-0.15, -0.1) is 11.3 Å². The minimum Gasteiger partial charge on any atom is -0.481 e. The lowest BCUT2D eigenvalue weighted by Gasteiger charge is -2.11. The molecule has 0 spiro atoms. The van der Waals surface area contributed by atoms with Crippen LogP contribution in [0.2, 0.25) is 0 Å². The van der Waals surface area contributed by atoms with Crippen molar-refractivity contribution in [1.82, 2.24) is 5.32 Å². The van der Waals surface area contributed by atoms with Crippen LogP contribution < -0.4 is 5.32 Å². The van der Waals surface area contributed by atoms with Gasteiger partial charge in [-0.25, -0.2) is 0 Å². The second kappa shape index (κ2) is 4.96. The first kappa shape index (κ1) is 12.7. The van der Waals surface area contributed by atoms with Gasteiger partial charge in [0.1, 0.15) is 0 Å². The topological polar surface area (TPSA) is 66.4 Å². The highest BCUT2D eigenvalue weighted by Crippen LogP contribution is 2.31. The molecule has 5 heteroatoms. The molecular formula is C14H17NO3S. The van der Waals surface area contributed by atoms with Gasteiger partial charge in [-0.05, 0) is 50.2 Å². The van der Waals surface area contributed by atoms with Crippen molar-refractivity contribution < 1.29 is 14.7 Å². The van der Waals surface area contributed by atoms with Gasteiger partial charge in [0.25, 0.3) is 5.91 Å². The van der Waals surface area contributed by atoms with Crippen LogP contribution in [0.25, 0.3) is 0 Å². The van der Waals surface area contributed by atoms with Crippen LogP contribution in [-0.4, -0.2) is 23.0 Å². The van der Waals surface area contributed by atoms with E-state index in [0.29, 0.717) is 12.8 Å². The summed E-state index contributed by atoms with van der Waals surface area (Å²) in [5, 5.41) is 11.9. The van der Waals surface area contributed by atoms with Crippen LogP contribution in [0, 0.1) is 5.92 Å². The molecule has 0 aliphatic heterocycles. The summed E-state index contributed by atoms with van der Waals surface area (Å²) in [6, 6.07) is 2.02. The molecule has 0 radical (unpaired) electrons. The molecule has 2 aliphatic rings. The fourth-order valence-electron chi connectivity index (χ4n) is 3.03. The lowest BCUT2D eigenvalue weighted by atomic mass is 10.1. The molecule has 0 unspecified atom stereocenters. The molecule has 19 heavy (non-hydrogen) atoms. The first-order valence-electron chi connectivity index (χ1n) is 6.78. The molecular weight excluding hydrogens is 262 g/mol. The van der Waals surface area contributed by atoms with E-state index >= 15 is 0 Å². The molecule has 2 aliphatic carbocycles. The van der Waals surface area contributed by atoms with Crippen molar-refractivity contribution >= 4 is 23.2 Å². The van der Waals surface area contributed by atoms with Crippen LogP contribution in [0.5, 0.6) is 0 Å².